The Morgan fingerprint density at radius 2 is 1.91 bits per heavy atom. The standard InChI is InChI=1S/C26H26ClN5O/c1-17(2)31-14-11-18-7-3-4-8-19(18)23(31)15-30-25(33)20-16-32(26-28-12-6-13-29-26)22-10-5-9-21(27)24(20)22/h3-10,12-13,16-17,23H,11,14-15H2,1-2H3,(H,30,33). The Morgan fingerprint density at radius 1 is 1.12 bits per heavy atom. The van der Waals surface area contributed by atoms with Gasteiger partial charge >= 0.3 is 0 Å². The van der Waals surface area contributed by atoms with Crippen LogP contribution in [0.1, 0.15) is 41.4 Å². The second kappa shape index (κ2) is 8.96. The summed E-state index contributed by atoms with van der Waals surface area (Å²) in [5.74, 6) is 0.338. The predicted molar refractivity (Wildman–Crippen MR) is 131 cm³/mol. The van der Waals surface area contributed by atoms with E-state index in [4.69, 9.17) is 11.6 Å². The molecule has 1 aliphatic heterocycles. The summed E-state index contributed by atoms with van der Waals surface area (Å²) in [6, 6.07) is 16.4. The maximum Gasteiger partial charge on any atom is 0.253 e. The number of hydrogen-bond acceptors (Lipinski definition) is 4. The molecule has 0 bridgehead atoms. The number of rotatable bonds is 5. The summed E-state index contributed by atoms with van der Waals surface area (Å²) in [7, 11) is 0. The Kier molecular flexibility index (Phi) is 5.87. The zero-order valence-corrected chi connectivity index (χ0v) is 19.5. The first-order valence-electron chi connectivity index (χ1n) is 11.2. The van der Waals surface area contributed by atoms with Crippen molar-refractivity contribution in [2.24, 2.45) is 0 Å². The first-order valence-corrected chi connectivity index (χ1v) is 11.6. The van der Waals surface area contributed by atoms with Gasteiger partial charge in [0.25, 0.3) is 5.91 Å². The highest BCUT2D eigenvalue weighted by Crippen LogP contribution is 2.32. The molecule has 0 saturated heterocycles. The number of halogens is 1. The molecule has 1 unspecified atom stereocenters. The van der Waals surface area contributed by atoms with Crippen molar-refractivity contribution in [1.82, 2.24) is 24.8 Å². The number of benzene rings is 2. The maximum atomic E-state index is 13.4. The monoisotopic (exact) mass is 459 g/mol. The molecule has 1 atom stereocenters. The van der Waals surface area contributed by atoms with E-state index < -0.39 is 0 Å². The van der Waals surface area contributed by atoms with Crippen LogP contribution < -0.4 is 5.32 Å². The van der Waals surface area contributed by atoms with Gasteiger partial charge in [-0.3, -0.25) is 14.3 Å². The van der Waals surface area contributed by atoms with Gasteiger partial charge in [0.2, 0.25) is 5.95 Å². The summed E-state index contributed by atoms with van der Waals surface area (Å²) in [5.41, 5.74) is 3.96. The predicted octanol–water partition coefficient (Wildman–Crippen LogP) is 4.81. The van der Waals surface area contributed by atoms with Crippen molar-refractivity contribution in [2.45, 2.75) is 32.4 Å². The van der Waals surface area contributed by atoms with E-state index in [0.717, 1.165) is 18.5 Å². The van der Waals surface area contributed by atoms with Gasteiger partial charge < -0.3 is 5.32 Å². The molecule has 33 heavy (non-hydrogen) atoms. The number of hydrogen-bond donors (Lipinski definition) is 1. The first kappa shape index (κ1) is 21.6. The number of nitrogens with zero attached hydrogens (tertiary/aromatic N) is 4. The topological polar surface area (TPSA) is 63.1 Å². The van der Waals surface area contributed by atoms with E-state index in [1.165, 1.54) is 11.1 Å². The fraction of sp³-hybridized carbons (Fsp3) is 0.269. The minimum absolute atomic E-state index is 0.125. The van der Waals surface area contributed by atoms with Gasteiger partial charge in [0.05, 0.1) is 22.1 Å². The SMILES string of the molecule is CC(C)N1CCc2ccccc2C1CNC(=O)c1cn(-c2ncccn2)c2cccc(Cl)c12. The van der Waals surface area contributed by atoms with Gasteiger partial charge in [0.1, 0.15) is 0 Å². The van der Waals surface area contributed by atoms with Crippen molar-refractivity contribution < 1.29 is 4.79 Å². The van der Waals surface area contributed by atoms with Crippen LogP contribution in [0.2, 0.25) is 5.02 Å². The summed E-state index contributed by atoms with van der Waals surface area (Å²) < 4.78 is 1.81. The molecule has 3 heterocycles. The molecule has 4 aromatic rings. The fourth-order valence-electron chi connectivity index (χ4n) is 4.80. The van der Waals surface area contributed by atoms with Gasteiger partial charge in [-0.2, -0.15) is 0 Å². The van der Waals surface area contributed by atoms with Gasteiger partial charge in [-0.1, -0.05) is 41.9 Å². The second-order valence-electron chi connectivity index (χ2n) is 8.60. The molecule has 0 saturated carbocycles. The zero-order valence-electron chi connectivity index (χ0n) is 18.7. The molecule has 0 spiro atoms. The molecular weight excluding hydrogens is 434 g/mol. The number of amides is 1. The Morgan fingerprint density at radius 3 is 2.70 bits per heavy atom. The molecule has 7 heteroatoms. The van der Waals surface area contributed by atoms with Gasteiger partial charge in [-0.05, 0) is 49.6 Å². The third-order valence-corrected chi connectivity index (χ3v) is 6.68. The number of aromatic nitrogens is 3. The van der Waals surface area contributed by atoms with E-state index in [0.29, 0.717) is 34.5 Å². The molecule has 1 aliphatic rings. The minimum Gasteiger partial charge on any atom is -0.350 e. The van der Waals surface area contributed by atoms with Crippen LogP contribution in [-0.4, -0.2) is 44.5 Å². The number of fused-ring (bicyclic) bond motifs is 2. The lowest BCUT2D eigenvalue weighted by Crippen LogP contribution is -2.45. The molecule has 1 amide bonds. The third-order valence-electron chi connectivity index (χ3n) is 6.36. The lowest BCUT2D eigenvalue weighted by atomic mass is 9.91. The molecular formula is C26H26ClN5O. The molecule has 1 N–H and O–H groups in total. The summed E-state index contributed by atoms with van der Waals surface area (Å²) in [6.45, 7) is 5.91. The summed E-state index contributed by atoms with van der Waals surface area (Å²) in [5, 5.41) is 4.41. The molecule has 0 radical (unpaired) electrons. The highest BCUT2D eigenvalue weighted by molar-refractivity contribution is 6.37. The highest BCUT2D eigenvalue weighted by Gasteiger charge is 2.29. The molecule has 2 aromatic carbocycles. The van der Waals surface area contributed by atoms with E-state index in [2.05, 4.69) is 58.3 Å². The Hall–Kier alpha value is -3.22. The fourth-order valence-corrected chi connectivity index (χ4v) is 5.07. The van der Waals surface area contributed by atoms with Crippen LogP contribution in [0.25, 0.3) is 16.9 Å². The smallest absolute Gasteiger partial charge is 0.253 e. The summed E-state index contributed by atoms with van der Waals surface area (Å²) in [6.07, 6.45) is 6.16. The van der Waals surface area contributed by atoms with Crippen molar-refractivity contribution in [3.05, 3.63) is 88.8 Å². The van der Waals surface area contributed by atoms with Gasteiger partial charge in [0.15, 0.2) is 0 Å². The average Bonchev–Trinajstić information content (AvgIpc) is 3.24. The quantitative estimate of drug-likeness (QED) is 0.465. The first-order chi connectivity index (χ1) is 16.0. The van der Waals surface area contributed by atoms with Crippen LogP contribution in [0.15, 0.2) is 67.1 Å². The largest absolute Gasteiger partial charge is 0.350 e. The van der Waals surface area contributed by atoms with Crippen LogP contribution in [-0.2, 0) is 6.42 Å². The Labute approximate surface area is 198 Å². The van der Waals surface area contributed by atoms with E-state index in [9.17, 15) is 4.79 Å². The van der Waals surface area contributed by atoms with E-state index in [1.807, 2.05) is 16.7 Å². The molecule has 168 valence electrons. The van der Waals surface area contributed by atoms with Crippen LogP contribution in [0.5, 0.6) is 0 Å². The van der Waals surface area contributed by atoms with E-state index >= 15 is 0 Å². The Balaban J connectivity index is 1.48. The zero-order chi connectivity index (χ0) is 22.9. The van der Waals surface area contributed by atoms with Crippen molar-refractivity contribution in [3.63, 3.8) is 0 Å². The van der Waals surface area contributed by atoms with E-state index in [1.54, 1.807) is 30.7 Å². The minimum atomic E-state index is -0.158. The van der Waals surface area contributed by atoms with Gasteiger partial charge in [-0.15, -0.1) is 0 Å². The summed E-state index contributed by atoms with van der Waals surface area (Å²) >= 11 is 6.55. The van der Waals surface area contributed by atoms with E-state index in [-0.39, 0.29) is 11.9 Å². The summed E-state index contributed by atoms with van der Waals surface area (Å²) in [4.78, 5) is 24.6. The second-order valence-corrected chi connectivity index (χ2v) is 9.01. The van der Waals surface area contributed by atoms with Crippen molar-refractivity contribution in [1.29, 1.82) is 0 Å². The van der Waals surface area contributed by atoms with Crippen LogP contribution in [0.3, 0.4) is 0 Å². The lowest BCUT2D eigenvalue weighted by molar-refractivity contribution is 0.0912. The van der Waals surface area contributed by atoms with Gasteiger partial charge in [-0.25, -0.2) is 9.97 Å². The Bertz CT molecular complexity index is 1300. The maximum absolute atomic E-state index is 13.4. The third kappa shape index (κ3) is 4.01. The van der Waals surface area contributed by atoms with Crippen LogP contribution >= 0.6 is 11.6 Å². The molecule has 0 aliphatic carbocycles. The average molecular weight is 460 g/mol. The van der Waals surface area contributed by atoms with Crippen molar-refractivity contribution in [3.8, 4) is 5.95 Å². The normalized spacial score (nSPS) is 16.2. The number of carbonyl (C=O) groups is 1. The number of carbonyl (C=O) groups excluding carboxylic acids is 1. The lowest BCUT2D eigenvalue weighted by Gasteiger charge is -2.40. The molecule has 6 nitrogen and oxygen atoms in total. The van der Waals surface area contributed by atoms with Crippen molar-refractivity contribution >= 4 is 28.4 Å². The van der Waals surface area contributed by atoms with Crippen LogP contribution in [0, 0.1) is 0 Å². The molecule has 2 aromatic heterocycles. The highest BCUT2D eigenvalue weighted by atomic mass is 35.5. The van der Waals surface area contributed by atoms with Gasteiger partial charge in [0, 0.05) is 43.1 Å². The molecule has 0 fully saturated rings. The molecule has 5 rings (SSSR count). The number of nitrogens with one attached hydrogen (secondary N) is 1. The van der Waals surface area contributed by atoms with Crippen molar-refractivity contribution in [2.75, 3.05) is 13.1 Å². The van der Waals surface area contributed by atoms with Crippen LogP contribution in [0.4, 0.5) is 0 Å².